The first-order valence-corrected chi connectivity index (χ1v) is 11.8. The highest BCUT2D eigenvalue weighted by Crippen LogP contribution is 2.51. The molecule has 0 saturated heterocycles. The molecule has 3 rings (SSSR count). The fourth-order valence-electron chi connectivity index (χ4n) is 6.15. The van der Waals surface area contributed by atoms with E-state index >= 15 is 0 Å². The number of hydrogen-bond donors (Lipinski definition) is 3. The molecule has 0 amide bonds. The molecule has 0 aromatic carbocycles. The molecule has 164 valence electrons. The maximum atomic E-state index is 10.1. The Kier molecular flexibility index (Phi) is 7.46. The fraction of sp³-hybridized carbons (Fsp3) is 0.769. The molecule has 3 nitrogen and oxygen atoms in total. The van der Waals surface area contributed by atoms with Crippen LogP contribution in [0.1, 0.15) is 85.0 Å². The average molecular weight is 403 g/mol. The predicted octanol–water partition coefficient (Wildman–Crippen LogP) is 5.31. The summed E-state index contributed by atoms with van der Waals surface area (Å²) in [4.78, 5) is 0. The summed E-state index contributed by atoms with van der Waals surface area (Å²) in [6, 6.07) is 0. The summed E-state index contributed by atoms with van der Waals surface area (Å²) < 4.78 is 0. The molecule has 0 heterocycles. The van der Waals surface area contributed by atoms with Crippen LogP contribution in [0.25, 0.3) is 0 Å². The van der Waals surface area contributed by atoms with Gasteiger partial charge < -0.3 is 15.3 Å². The lowest BCUT2D eigenvalue weighted by Gasteiger charge is -2.34. The molecule has 0 unspecified atom stereocenters. The predicted molar refractivity (Wildman–Crippen MR) is 119 cm³/mol. The van der Waals surface area contributed by atoms with Crippen molar-refractivity contribution in [1.29, 1.82) is 0 Å². The van der Waals surface area contributed by atoms with Crippen LogP contribution in [-0.2, 0) is 0 Å². The molecule has 0 radical (unpaired) electrons. The van der Waals surface area contributed by atoms with Crippen molar-refractivity contribution >= 4 is 0 Å². The Morgan fingerprint density at radius 3 is 2.66 bits per heavy atom. The van der Waals surface area contributed by atoms with E-state index in [1.165, 1.54) is 38.5 Å². The Bertz CT molecular complexity index is 639. The molecule has 3 N–H and O–H groups in total. The van der Waals surface area contributed by atoms with Gasteiger partial charge in [-0.05, 0) is 93.6 Å². The lowest BCUT2D eigenvalue weighted by molar-refractivity contribution is 0.0651. The van der Waals surface area contributed by atoms with Crippen LogP contribution < -0.4 is 0 Å². The second-order valence-corrected chi connectivity index (χ2v) is 10.7. The third-order valence-electron chi connectivity index (χ3n) is 7.80. The Morgan fingerprint density at radius 2 is 1.93 bits per heavy atom. The zero-order chi connectivity index (χ0) is 21.2. The van der Waals surface area contributed by atoms with Gasteiger partial charge in [0, 0.05) is 6.42 Å². The summed E-state index contributed by atoms with van der Waals surface area (Å²) in [6.45, 7) is 10.3. The number of fused-ring (bicyclic) bond motifs is 1. The minimum absolute atomic E-state index is 0.407. The minimum atomic E-state index is -0.608. The van der Waals surface area contributed by atoms with E-state index < -0.39 is 17.8 Å². The second-order valence-electron chi connectivity index (χ2n) is 10.7. The molecular weight excluding hydrogens is 360 g/mol. The van der Waals surface area contributed by atoms with Crippen molar-refractivity contribution in [2.75, 3.05) is 0 Å². The maximum absolute atomic E-state index is 10.1. The van der Waals surface area contributed by atoms with Crippen LogP contribution in [0.2, 0.25) is 0 Å². The zero-order valence-corrected chi connectivity index (χ0v) is 18.7. The zero-order valence-electron chi connectivity index (χ0n) is 18.7. The van der Waals surface area contributed by atoms with Gasteiger partial charge in [-0.25, -0.2) is 0 Å². The molecule has 0 aromatic heterocycles. The van der Waals surface area contributed by atoms with Crippen LogP contribution >= 0.6 is 0 Å². The standard InChI is InChI=1S/C26H42O3/c1-17(7-6-14-26(3,4)29)22-12-13-23-19(8-5-9-24(22)23)10-11-20-15-21(27)16-25(28)18(20)2/h10-11,17,21-25,27-29H,2,5-9,12-16H2,1,3-4H3/b19-10+,20-11-/t17-,21-,22+,23+,24-,25+/m1/s1. The van der Waals surface area contributed by atoms with E-state index in [0.717, 1.165) is 41.7 Å². The largest absolute Gasteiger partial charge is 0.393 e. The third kappa shape index (κ3) is 5.83. The first-order chi connectivity index (χ1) is 13.7. The maximum Gasteiger partial charge on any atom is 0.0811 e. The summed E-state index contributed by atoms with van der Waals surface area (Å²) in [5, 5.41) is 30.1. The van der Waals surface area contributed by atoms with Gasteiger partial charge >= 0.3 is 0 Å². The Hall–Kier alpha value is -0.900. The van der Waals surface area contributed by atoms with Crippen molar-refractivity contribution < 1.29 is 15.3 Å². The van der Waals surface area contributed by atoms with Crippen molar-refractivity contribution in [1.82, 2.24) is 0 Å². The van der Waals surface area contributed by atoms with Crippen molar-refractivity contribution in [3.05, 3.63) is 35.5 Å². The van der Waals surface area contributed by atoms with E-state index in [-0.39, 0.29) is 0 Å². The summed E-state index contributed by atoms with van der Waals surface area (Å²) in [5.74, 6) is 3.05. The van der Waals surface area contributed by atoms with Crippen molar-refractivity contribution in [2.24, 2.45) is 23.7 Å². The van der Waals surface area contributed by atoms with Gasteiger partial charge in [0.15, 0.2) is 0 Å². The van der Waals surface area contributed by atoms with Crippen molar-refractivity contribution in [3.8, 4) is 0 Å². The van der Waals surface area contributed by atoms with Crippen LogP contribution in [-0.4, -0.2) is 33.1 Å². The van der Waals surface area contributed by atoms with Gasteiger partial charge in [-0.1, -0.05) is 44.1 Å². The molecular formula is C26H42O3. The van der Waals surface area contributed by atoms with Crippen LogP contribution in [0.4, 0.5) is 0 Å². The van der Waals surface area contributed by atoms with Gasteiger partial charge in [-0.15, -0.1) is 0 Å². The Morgan fingerprint density at radius 1 is 1.17 bits per heavy atom. The molecule has 0 bridgehead atoms. The summed E-state index contributed by atoms with van der Waals surface area (Å²) >= 11 is 0. The minimum Gasteiger partial charge on any atom is -0.393 e. The van der Waals surface area contributed by atoms with E-state index in [4.69, 9.17) is 0 Å². The van der Waals surface area contributed by atoms with Gasteiger partial charge in [0.25, 0.3) is 0 Å². The molecule has 6 atom stereocenters. The van der Waals surface area contributed by atoms with Crippen molar-refractivity contribution in [2.45, 2.75) is 103 Å². The summed E-state index contributed by atoms with van der Waals surface area (Å²) in [5.41, 5.74) is 2.82. The first-order valence-electron chi connectivity index (χ1n) is 11.8. The monoisotopic (exact) mass is 402 g/mol. The van der Waals surface area contributed by atoms with Gasteiger partial charge in [0.05, 0.1) is 17.8 Å². The van der Waals surface area contributed by atoms with E-state index in [1.54, 1.807) is 5.57 Å². The average Bonchev–Trinajstić information content (AvgIpc) is 3.07. The quantitative estimate of drug-likeness (QED) is 0.564. The van der Waals surface area contributed by atoms with E-state index in [0.29, 0.717) is 18.8 Å². The number of allylic oxidation sites excluding steroid dienone is 3. The molecule has 0 spiro atoms. The Balaban J connectivity index is 1.63. The summed E-state index contributed by atoms with van der Waals surface area (Å²) in [7, 11) is 0. The topological polar surface area (TPSA) is 60.7 Å². The molecule has 29 heavy (non-hydrogen) atoms. The van der Waals surface area contributed by atoms with Crippen LogP contribution in [0, 0.1) is 23.7 Å². The van der Waals surface area contributed by atoms with E-state index in [9.17, 15) is 15.3 Å². The van der Waals surface area contributed by atoms with Crippen LogP contribution in [0.5, 0.6) is 0 Å². The van der Waals surface area contributed by atoms with E-state index in [2.05, 4.69) is 25.7 Å². The second kappa shape index (κ2) is 9.49. The van der Waals surface area contributed by atoms with Crippen LogP contribution in [0.15, 0.2) is 35.5 Å². The lowest BCUT2D eigenvalue weighted by atomic mass is 9.71. The first kappa shape index (κ1) is 22.8. The molecule has 3 saturated carbocycles. The number of rotatable bonds is 6. The highest BCUT2D eigenvalue weighted by atomic mass is 16.3. The molecule has 3 aliphatic carbocycles. The van der Waals surface area contributed by atoms with Gasteiger partial charge in [0.1, 0.15) is 0 Å². The fourth-order valence-corrected chi connectivity index (χ4v) is 6.15. The van der Waals surface area contributed by atoms with E-state index in [1.807, 2.05) is 13.8 Å². The van der Waals surface area contributed by atoms with Gasteiger partial charge in [-0.2, -0.15) is 0 Å². The molecule has 0 aromatic rings. The molecule has 3 aliphatic rings. The van der Waals surface area contributed by atoms with Gasteiger partial charge in [-0.3, -0.25) is 0 Å². The molecule has 3 fully saturated rings. The van der Waals surface area contributed by atoms with Gasteiger partial charge in [0.2, 0.25) is 0 Å². The smallest absolute Gasteiger partial charge is 0.0811 e. The number of aliphatic hydroxyl groups is 3. The molecule has 0 aliphatic heterocycles. The molecule has 3 heteroatoms. The highest BCUT2D eigenvalue weighted by molar-refractivity contribution is 5.38. The SMILES string of the molecule is C=C1/C(=C\C=C2/CCC[C@@H]3[C@H]([C@H](C)CCCC(C)(C)O)CC[C@@H]23)C[C@@H](O)C[C@@H]1O. The normalized spacial score (nSPS) is 37.2. The number of aliphatic hydroxyl groups excluding tert-OH is 2. The number of hydrogen-bond acceptors (Lipinski definition) is 3. The lowest BCUT2D eigenvalue weighted by Crippen LogP contribution is -2.27. The third-order valence-corrected chi connectivity index (χ3v) is 7.80. The van der Waals surface area contributed by atoms with Crippen LogP contribution in [0.3, 0.4) is 0 Å². The van der Waals surface area contributed by atoms with Crippen molar-refractivity contribution in [3.63, 3.8) is 0 Å². The summed E-state index contributed by atoms with van der Waals surface area (Å²) in [6.07, 6.45) is 14.0. The highest BCUT2D eigenvalue weighted by Gasteiger charge is 2.41. The Labute approximate surface area is 177 Å².